The van der Waals surface area contributed by atoms with Gasteiger partial charge in [-0.2, -0.15) is 0 Å². The largest absolute Gasteiger partial charge is 0.480 e. The van der Waals surface area contributed by atoms with Crippen LogP contribution in [0, 0.1) is 0 Å². The predicted octanol–water partition coefficient (Wildman–Crippen LogP) is 2.49. The van der Waals surface area contributed by atoms with Crippen LogP contribution in [0.1, 0.15) is 6.92 Å². The van der Waals surface area contributed by atoms with Crippen LogP contribution in [0.25, 0.3) is 0 Å². The molecule has 0 aromatic carbocycles. The van der Waals surface area contributed by atoms with Gasteiger partial charge in [0.25, 0.3) is 0 Å². The first-order valence-electron chi connectivity index (χ1n) is 4.90. The molecule has 1 aliphatic rings. The highest BCUT2D eigenvalue weighted by molar-refractivity contribution is 6.30. The van der Waals surface area contributed by atoms with Gasteiger partial charge in [0.05, 0.1) is 12.1 Å². The zero-order valence-corrected chi connectivity index (χ0v) is 9.85. The molecule has 0 fully saturated rings. The molecule has 0 bridgehead atoms. The molecule has 0 saturated heterocycles. The molecule has 5 heteroatoms. The Morgan fingerprint density at radius 1 is 1.50 bits per heavy atom. The fourth-order valence-electron chi connectivity index (χ4n) is 1.54. The predicted molar refractivity (Wildman–Crippen MR) is 65.4 cm³/mol. The third-order valence-corrected chi connectivity index (χ3v) is 2.51. The molecule has 4 nitrogen and oxygen atoms in total. The molecule has 1 unspecified atom stereocenters. The Balaban J connectivity index is 2.42. The molecule has 0 spiro atoms. The van der Waals surface area contributed by atoms with Crippen LogP contribution < -0.4 is 9.64 Å². The van der Waals surface area contributed by atoms with Gasteiger partial charge in [0, 0.05) is 18.6 Å². The van der Waals surface area contributed by atoms with E-state index in [2.05, 4.69) is 9.98 Å². The molecular weight excluding hydrogens is 226 g/mol. The maximum Gasteiger partial charge on any atom is 0.237 e. The molecule has 0 amide bonds. The summed E-state index contributed by atoms with van der Waals surface area (Å²) >= 11 is 5.93. The van der Waals surface area contributed by atoms with Gasteiger partial charge in [-0.25, -0.2) is 4.98 Å². The average molecular weight is 238 g/mol. The lowest BCUT2D eigenvalue weighted by atomic mass is 10.3. The Hall–Kier alpha value is -1.55. The summed E-state index contributed by atoms with van der Waals surface area (Å²) in [5.41, 5.74) is 0.815. The number of allylic oxidation sites excluding steroid dienone is 1. The van der Waals surface area contributed by atoms with Gasteiger partial charge in [-0.3, -0.25) is 4.99 Å². The Kier molecular flexibility index (Phi) is 3.10. The average Bonchev–Trinajstić information content (AvgIpc) is 2.29. The lowest BCUT2D eigenvalue weighted by molar-refractivity contribution is 0.397. The topological polar surface area (TPSA) is 37.7 Å². The summed E-state index contributed by atoms with van der Waals surface area (Å²) in [6, 6.07) is 1.81. The number of anilines is 1. The van der Waals surface area contributed by atoms with Gasteiger partial charge in [0.1, 0.15) is 11.9 Å². The maximum atomic E-state index is 5.93. The molecule has 84 valence electrons. The maximum absolute atomic E-state index is 5.93. The molecule has 0 saturated carbocycles. The molecule has 1 aliphatic heterocycles. The highest BCUT2D eigenvalue weighted by Crippen LogP contribution is 2.31. The van der Waals surface area contributed by atoms with Gasteiger partial charge in [-0.05, 0) is 19.1 Å². The van der Waals surface area contributed by atoms with Crippen LogP contribution >= 0.6 is 11.6 Å². The fourth-order valence-corrected chi connectivity index (χ4v) is 1.69. The first-order chi connectivity index (χ1) is 7.72. The summed E-state index contributed by atoms with van der Waals surface area (Å²) in [6.07, 6.45) is 7.13. The van der Waals surface area contributed by atoms with Gasteiger partial charge in [-0.15, -0.1) is 0 Å². The van der Waals surface area contributed by atoms with Crippen molar-refractivity contribution in [2.24, 2.45) is 4.99 Å². The first-order valence-corrected chi connectivity index (χ1v) is 5.28. The van der Waals surface area contributed by atoms with Gasteiger partial charge in [0.15, 0.2) is 0 Å². The van der Waals surface area contributed by atoms with Crippen molar-refractivity contribution >= 4 is 23.5 Å². The van der Waals surface area contributed by atoms with Gasteiger partial charge < -0.3 is 9.64 Å². The molecule has 1 aromatic rings. The fraction of sp³-hybridized carbons (Fsp3) is 0.273. The smallest absolute Gasteiger partial charge is 0.237 e. The quantitative estimate of drug-likeness (QED) is 0.793. The molecule has 2 rings (SSSR count). The van der Waals surface area contributed by atoms with Gasteiger partial charge >= 0.3 is 0 Å². The van der Waals surface area contributed by atoms with Gasteiger partial charge in [0.2, 0.25) is 5.88 Å². The second-order valence-corrected chi connectivity index (χ2v) is 3.80. The lowest BCUT2D eigenvalue weighted by Crippen LogP contribution is -2.28. The Labute approximate surface area is 99.2 Å². The minimum absolute atomic E-state index is 0.0131. The number of hydrogen-bond donors (Lipinski definition) is 0. The van der Waals surface area contributed by atoms with Crippen LogP contribution in [-0.2, 0) is 0 Å². The van der Waals surface area contributed by atoms with Crippen LogP contribution in [0.3, 0.4) is 0 Å². The number of pyridine rings is 1. The highest BCUT2D eigenvalue weighted by atomic mass is 35.5. The van der Waals surface area contributed by atoms with E-state index >= 15 is 0 Å². The van der Waals surface area contributed by atoms with Crippen LogP contribution in [0.5, 0.6) is 5.88 Å². The molecule has 1 aromatic heterocycles. The number of halogens is 1. The number of methoxy groups -OCH3 is 1. The molecule has 1 atom stereocenters. The molecule has 16 heavy (non-hydrogen) atoms. The van der Waals surface area contributed by atoms with E-state index in [0.717, 1.165) is 5.69 Å². The highest BCUT2D eigenvalue weighted by Gasteiger charge is 2.17. The van der Waals surface area contributed by atoms with Crippen molar-refractivity contribution in [2.45, 2.75) is 13.1 Å². The minimum atomic E-state index is 0.0131. The summed E-state index contributed by atoms with van der Waals surface area (Å²) in [5, 5.41) is 0.575. The monoisotopic (exact) mass is 237 g/mol. The van der Waals surface area contributed by atoms with Crippen molar-refractivity contribution in [3.63, 3.8) is 0 Å². The third-order valence-electron chi connectivity index (χ3n) is 2.31. The van der Waals surface area contributed by atoms with Crippen molar-refractivity contribution in [3.05, 3.63) is 29.6 Å². The van der Waals surface area contributed by atoms with E-state index in [-0.39, 0.29) is 6.17 Å². The number of aliphatic imine (C=N–C) groups is 1. The van der Waals surface area contributed by atoms with E-state index in [9.17, 15) is 0 Å². The summed E-state index contributed by atoms with van der Waals surface area (Å²) in [4.78, 5) is 10.4. The Bertz CT molecular complexity index is 445. The summed E-state index contributed by atoms with van der Waals surface area (Å²) < 4.78 is 5.20. The Morgan fingerprint density at radius 2 is 2.31 bits per heavy atom. The number of ether oxygens (including phenoxy) is 1. The summed E-state index contributed by atoms with van der Waals surface area (Å²) in [6.45, 7) is 1.99. The first kappa shape index (κ1) is 11.0. The molecule has 2 heterocycles. The summed E-state index contributed by atoms with van der Waals surface area (Å²) in [7, 11) is 1.58. The number of rotatable bonds is 2. The Morgan fingerprint density at radius 3 is 3.00 bits per heavy atom. The molecule has 0 aliphatic carbocycles. The van der Waals surface area contributed by atoms with E-state index in [1.54, 1.807) is 19.5 Å². The van der Waals surface area contributed by atoms with Crippen molar-refractivity contribution in [1.29, 1.82) is 0 Å². The van der Waals surface area contributed by atoms with Crippen molar-refractivity contribution in [3.8, 4) is 5.88 Å². The normalized spacial score (nSPS) is 18.9. The number of hydrogen-bond acceptors (Lipinski definition) is 4. The molecule has 0 N–H and O–H groups in total. The van der Waals surface area contributed by atoms with E-state index in [1.165, 1.54) is 0 Å². The zero-order chi connectivity index (χ0) is 11.5. The summed E-state index contributed by atoms with van der Waals surface area (Å²) in [5.74, 6) is 0.540. The van der Waals surface area contributed by atoms with Crippen LogP contribution in [0.4, 0.5) is 5.69 Å². The number of aromatic nitrogens is 1. The lowest BCUT2D eigenvalue weighted by Gasteiger charge is -2.27. The van der Waals surface area contributed by atoms with E-state index in [0.29, 0.717) is 10.9 Å². The minimum Gasteiger partial charge on any atom is -0.480 e. The second kappa shape index (κ2) is 4.53. The van der Waals surface area contributed by atoms with E-state index in [4.69, 9.17) is 16.3 Å². The SMILES string of the molecule is COc1ncc(Cl)cc1N1C=CC=NC1C. The van der Waals surface area contributed by atoms with Gasteiger partial charge in [-0.1, -0.05) is 11.6 Å². The standard InChI is InChI=1S/C11H12ClN3O/c1-8-13-4-3-5-15(8)10-6-9(12)7-14-11(10)16-2/h3-8H,1-2H3. The van der Waals surface area contributed by atoms with E-state index in [1.807, 2.05) is 30.2 Å². The van der Waals surface area contributed by atoms with Crippen LogP contribution in [0.2, 0.25) is 5.02 Å². The molecule has 0 radical (unpaired) electrons. The van der Waals surface area contributed by atoms with Crippen molar-refractivity contribution in [2.75, 3.05) is 12.0 Å². The third kappa shape index (κ3) is 2.02. The van der Waals surface area contributed by atoms with Crippen molar-refractivity contribution in [1.82, 2.24) is 4.98 Å². The van der Waals surface area contributed by atoms with Crippen molar-refractivity contribution < 1.29 is 4.74 Å². The number of nitrogens with zero attached hydrogens (tertiary/aromatic N) is 3. The molecular formula is C11H12ClN3O. The van der Waals surface area contributed by atoms with E-state index < -0.39 is 0 Å². The van der Waals surface area contributed by atoms with Crippen LogP contribution in [-0.4, -0.2) is 24.5 Å². The van der Waals surface area contributed by atoms with Crippen LogP contribution in [0.15, 0.2) is 29.5 Å². The second-order valence-electron chi connectivity index (χ2n) is 3.36. The zero-order valence-electron chi connectivity index (χ0n) is 9.09.